The van der Waals surface area contributed by atoms with Gasteiger partial charge in [0.2, 0.25) is 0 Å². The second-order valence-corrected chi connectivity index (χ2v) is 4.41. The Labute approximate surface area is 127 Å². The number of rotatable bonds is 4. The van der Waals surface area contributed by atoms with Crippen LogP contribution in [0.25, 0.3) is 0 Å². The van der Waals surface area contributed by atoms with Crippen molar-refractivity contribution in [2.75, 3.05) is 5.32 Å². The monoisotopic (exact) mass is 331 g/mol. The van der Waals surface area contributed by atoms with E-state index < -0.39 is 24.3 Å². The van der Waals surface area contributed by atoms with E-state index in [0.717, 1.165) is 24.3 Å². The lowest BCUT2D eigenvalue weighted by Gasteiger charge is -2.12. The van der Waals surface area contributed by atoms with Crippen molar-refractivity contribution in [3.8, 4) is 5.75 Å². The molecule has 0 atom stereocenters. The van der Waals surface area contributed by atoms with E-state index in [-0.39, 0.29) is 17.0 Å². The van der Waals surface area contributed by atoms with Crippen LogP contribution in [0.3, 0.4) is 0 Å². The van der Waals surface area contributed by atoms with Crippen molar-refractivity contribution in [3.05, 3.63) is 59.7 Å². The lowest BCUT2D eigenvalue weighted by Crippen LogP contribution is -2.15. The summed E-state index contributed by atoms with van der Waals surface area (Å²) in [6, 6.07) is 9.16. The molecule has 0 saturated carbocycles. The lowest BCUT2D eigenvalue weighted by atomic mass is 10.1. The van der Waals surface area contributed by atoms with Gasteiger partial charge in [-0.2, -0.15) is 22.0 Å². The number of anilines is 1. The fraction of sp³-hybridized carbons (Fsp3) is 0.133. The topological polar surface area (TPSA) is 38.3 Å². The number of alkyl halides is 5. The van der Waals surface area contributed by atoms with E-state index in [0.29, 0.717) is 0 Å². The largest absolute Gasteiger partial charge is 0.434 e. The van der Waals surface area contributed by atoms with Gasteiger partial charge in [0.05, 0.1) is 11.1 Å². The van der Waals surface area contributed by atoms with Crippen molar-refractivity contribution in [2.45, 2.75) is 12.8 Å². The Hall–Kier alpha value is -2.64. The third kappa shape index (κ3) is 4.41. The summed E-state index contributed by atoms with van der Waals surface area (Å²) < 4.78 is 66.7. The molecule has 0 saturated heterocycles. The number of ether oxygens (including phenoxy) is 1. The summed E-state index contributed by atoms with van der Waals surface area (Å²) in [5.41, 5.74) is -1.27. The number of hydrogen-bond donors (Lipinski definition) is 1. The van der Waals surface area contributed by atoms with Gasteiger partial charge in [-0.3, -0.25) is 4.79 Å². The van der Waals surface area contributed by atoms with E-state index >= 15 is 0 Å². The van der Waals surface area contributed by atoms with Crippen molar-refractivity contribution in [3.63, 3.8) is 0 Å². The summed E-state index contributed by atoms with van der Waals surface area (Å²) in [4.78, 5) is 12.1. The minimum atomic E-state index is -4.56. The molecule has 0 heterocycles. The van der Waals surface area contributed by atoms with E-state index in [1.165, 1.54) is 24.3 Å². The van der Waals surface area contributed by atoms with Crippen LogP contribution in [0.1, 0.15) is 15.9 Å². The van der Waals surface area contributed by atoms with Crippen LogP contribution in [-0.2, 0) is 6.18 Å². The molecule has 8 heteroatoms. The number of halogens is 5. The van der Waals surface area contributed by atoms with Crippen molar-refractivity contribution >= 4 is 11.6 Å². The molecular weight excluding hydrogens is 321 g/mol. The van der Waals surface area contributed by atoms with Gasteiger partial charge in [-0.05, 0) is 30.3 Å². The molecule has 0 aliphatic rings. The van der Waals surface area contributed by atoms with Gasteiger partial charge in [0.25, 0.3) is 5.91 Å². The molecule has 1 N–H and O–H groups in total. The first-order valence-corrected chi connectivity index (χ1v) is 6.30. The fourth-order valence-corrected chi connectivity index (χ4v) is 1.82. The summed E-state index contributed by atoms with van der Waals surface area (Å²) >= 11 is 0. The van der Waals surface area contributed by atoms with Gasteiger partial charge >= 0.3 is 12.8 Å². The number of hydrogen-bond acceptors (Lipinski definition) is 2. The Morgan fingerprint density at radius 2 is 1.74 bits per heavy atom. The molecule has 2 rings (SSSR count). The molecular formula is C15H10F5NO2. The average Bonchev–Trinajstić information content (AvgIpc) is 2.46. The Morgan fingerprint density at radius 3 is 2.39 bits per heavy atom. The highest BCUT2D eigenvalue weighted by molar-refractivity contribution is 6.06. The molecule has 2 aromatic carbocycles. The van der Waals surface area contributed by atoms with Crippen molar-refractivity contribution in [1.29, 1.82) is 0 Å². The van der Waals surface area contributed by atoms with Gasteiger partial charge in [-0.1, -0.05) is 18.2 Å². The second kappa shape index (κ2) is 6.64. The van der Waals surface area contributed by atoms with Gasteiger partial charge in [0, 0.05) is 5.69 Å². The van der Waals surface area contributed by atoms with Crippen LogP contribution < -0.4 is 10.1 Å². The summed E-state index contributed by atoms with van der Waals surface area (Å²) in [6.07, 6.45) is -4.56. The maximum atomic E-state index is 12.6. The van der Waals surface area contributed by atoms with Crippen molar-refractivity contribution < 1.29 is 31.5 Å². The zero-order valence-electron chi connectivity index (χ0n) is 11.4. The molecule has 23 heavy (non-hydrogen) atoms. The summed E-state index contributed by atoms with van der Waals surface area (Å²) in [6.45, 7) is -3.13. The van der Waals surface area contributed by atoms with Gasteiger partial charge < -0.3 is 10.1 Å². The molecule has 0 unspecified atom stereocenters. The van der Waals surface area contributed by atoms with E-state index in [9.17, 15) is 26.7 Å². The minimum Gasteiger partial charge on any atom is -0.434 e. The summed E-state index contributed by atoms with van der Waals surface area (Å²) in [5.74, 6) is -1.23. The molecule has 0 fully saturated rings. The standard InChI is InChI=1S/C15H10F5NO2/c16-14(17)23-12-7-2-1-6-11(12)13(22)21-10-5-3-4-9(8-10)15(18,19)20/h1-8,14H,(H,21,22). The third-order valence-electron chi connectivity index (χ3n) is 2.80. The number of nitrogens with one attached hydrogen (secondary N) is 1. The lowest BCUT2D eigenvalue weighted by molar-refractivity contribution is -0.137. The molecule has 0 aromatic heterocycles. The predicted molar refractivity (Wildman–Crippen MR) is 72.5 cm³/mol. The highest BCUT2D eigenvalue weighted by Crippen LogP contribution is 2.31. The van der Waals surface area contributed by atoms with Crippen LogP contribution in [0, 0.1) is 0 Å². The first kappa shape index (κ1) is 16.7. The minimum absolute atomic E-state index is 0.114. The molecule has 1 amide bonds. The molecule has 0 aliphatic heterocycles. The van der Waals surface area contributed by atoms with Gasteiger partial charge in [0.15, 0.2) is 0 Å². The van der Waals surface area contributed by atoms with E-state index in [2.05, 4.69) is 10.1 Å². The quantitative estimate of drug-likeness (QED) is 0.834. The zero-order chi connectivity index (χ0) is 17.0. The SMILES string of the molecule is O=C(Nc1cccc(C(F)(F)F)c1)c1ccccc1OC(F)F. The third-order valence-corrected chi connectivity index (χ3v) is 2.80. The Morgan fingerprint density at radius 1 is 1.04 bits per heavy atom. The van der Waals surface area contributed by atoms with Crippen LogP contribution in [0.4, 0.5) is 27.6 Å². The van der Waals surface area contributed by atoms with Gasteiger partial charge in [-0.15, -0.1) is 0 Å². The van der Waals surface area contributed by atoms with E-state index in [4.69, 9.17) is 0 Å². The maximum Gasteiger partial charge on any atom is 0.416 e. The Balaban J connectivity index is 2.23. The first-order valence-electron chi connectivity index (χ1n) is 6.30. The maximum absolute atomic E-state index is 12.6. The summed E-state index contributed by atoms with van der Waals surface area (Å²) in [5, 5.41) is 2.22. The van der Waals surface area contributed by atoms with E-state index in [1.807, 2.05) is 0 Å². The molecule has 0 radical (unpaired) electrons. The number of para-hydroxylation sites is 1. The number of carbonyl (C=O) groups is 1. The highest BCUT2D eigenvalue weighted by atomic mass is 19.4. The molecule has 0 spiro atoms. The predicted octanol–water partition coefficient (Wildman–Crippen LogP) is 4.56. The Bertz CT molecular complexity index is 700. The van der Waals surface area contributed by atoms with Crippen molar-refractivity contribution in [1.82, 2.24) is 0 Å². The molecule has 0 bridgehead atoms. The van der Waals surface area contributed by atoms with Crippen LogP contribution in [0.5, 0.6) is 5.75 Å². The molecule has 0 aliphatic carbocycles. The van der Waals surface area contributed by atoms with E-state index in [1.54, 1.807) is 0 Å². The van der Waals surface area contributed by atoms with Gasteiger partial charge in [-0.25, -0.2) is 0 Å². The molecule has 2 aromatic rings. The smallest absolute Gasteiger partial charge is 0.416 e. The molecule has 3 nitrogen and oxygen atoms in total. The normalized spacial score (nSPS) is 11.4. The average molecular weight is 331 g/mol. The zero-order valence-corrected chi connectivity index (χ0v) is 11.4. The van der Waals surface area contributed by atoms with Crippen molar-refractivity contribution in [2.24, 2.45) is 0 Å². The number of carbonyl (C=O) groups excluding carboxylic acids is 1. The van der Waals surface area contributed by atoms with Crippen LogP contribution in [0.2, 0.25) is 0 Å². The number of benzene rings is 2. The van der Waals surface area contributed by atoms with Crippen LogP contribution >= 0.6 is 0 Å². The summed E-state index contributed by atoms with van der Waals surface area (Å²) in [7, 11) is 0. The Kier molecular flexibility index (Phi) is 4.83. The van der Waals surface area contributed by atoms with Gasteiger partial charge in [0.1, 0.15) is 5.75 Å². The van der Waals surface area contributed by atoms with Crippen LogP contribution in [0.15, 0.2) is 48.5 Å². The number of amides is 1. The van der Waals surface area contributed by atoms with Crippen LogP contribution in [-0.4, -0.2) is 12.5 Å². The highest BCUT2D eigenvalue weighted by Gasteiger charge is 2.30. The second-order valence-electron chi connectivity index (χ2n) is 4.41. The molecule has 122 valence electrons. The fourth-order valence-electron chi connectivity index (χ4n) is 1.82. The first-order chi connectivity index (χ1) is 10.8.